The molecule has 78 valence electrons. The van der Waals surface area contributed by atoms with Crippen LogP contribution in [0.5, 0.6) is 0 Å². The van der Waals surface area contributed by atoms with Crippen LogP contribution < -0.4 is 0 Å². The van der Waals surface area contributed by atoms with Gasteiger partial charge in [-0.1, -0.05) is 56.4 Å². The molecule has 0 saturated carbocycles. The molecule has 0 atom stereocenters. The molecule has 0 unspecified atom stereocenters. The summed E-state index contributed by atoms with van der Waals surface area (Å²) in [5, 5.41) is 0. The number of fused-ring (bicyclic) bond motifs is 1. The van der Waals surface area contributed by atoms with E-state index in [1.807, 2.05) is 6.08 Å². The van der Waals surface area contributed by atoms with E-state index in [1.165, 1.54) is 23.1 Å². The lowest BCUT2D eigenvalue weighted by atomic mass is 10.0. The summed E-state index contributed by atoms with van der Waals surface area (Å²) < 4.78 is 0. The lowest BCUT2D eigenvalue weighted by molar-refractivity contribution is 0.638. The van der Waals surface area contributed by atoms with Gasteiger partial charge < -0.3 is 0 Å². The summed E-state index contributed by atoms with van der Waals surface area (Å²) in [4.78, 5) is 0. The molecule has 0 aliphatic heterocycles. The first-order chi connectivity index (χ1) is 7.20. The van der Waals surface area contributed by atoms with E-state index in [2.05, 4.69) is 44.7 Å². The van der Waals surface area contributed by atoms with Gasteiger partial charge in [0.2, 0.25) is 0 Å². The van der Waals surface area contributed by atoms with E-state index in [0.29, 0.717) is 0 Å². The summed E-state index contributed by atoms with van der Waals surface area (Å²) >= 11 is 0. The molecule has 0 radical (unpaired) electrons. The van der Waals surface area contributed by atoms with Crippen molar-refractivity contribution < 1.29 is 0 Å². The molecule has 0 nitrogen and oxygen atoms in total. The highest BCUT2D eigenvalue weighted by molar-refractivity contribution is 5.72. The lowest BCUT2D eigenvalue weighted by Crippen LogP contribution is -1.91. The average molecular weight is 198 g/mol. The van der Waals surface area contributed by atoms with Crippen molar-refractivity contribution in [2.75, 3.05) is 0 Å². The predicted molar refractivity (Wildman–Crippen MR) is 67.7 cm³/mol. The van der Waals surface area contributed by atoms with Crippen LogP contribution in [-0.4, -0.2) is 0 Å². The molecule has 2 rings (SSSR count). The maximum absolute atomic E-state index is 3.87. The molecule has 1 aliphatic rings. The number of hydrogen-bond acceptors (Lipinski definition) is 0. The molecular formula is C15H18. The number of benzene rings is 1. The van der Waals surface area contributed by atoms with Crippen molar-refractivity contribution >= 4 is 12.2 Å². The Morgan fingerprint density at radius 1 is 1.40 bits per heavy atom. The van der Waals surface area contributed by atoms with Crippen LogP contribution in [0.2, 0.25) is 0 Å². The van der Waals surface area contributed by atoms with Crippen molar-refractivity contribution in [3.8, 4) is 0 Å². The molecule has 0 spiro atoms. The van der Waals surface area contributed by atoms with Gasteiger partial charge in [-0.2, -0.15) is 0 Å². The first kappa shape index (κ1) is 10.2. The summed E-state index contributed by atoms with van der Waals surface area (Å²) in [6, 6.07) is 6.49. The normalized spacial score (nSPS) is 13.9. The predicted octanol–water partition coefficient (Wildman–Crippen LogP) is 4.32. The monoisotopic (exact) mass is 198 g/mol. The van der Waals surface area contributed by atoms with Crippen LogP contribution in [0.3, 0.4) is 0 Å². The third kappa shape index (κ3) is 2.04. The fourth-order valence-electron chi connectivity index (χ4n) is 2.30. The van der Waals surface area contributed by atoms with E-state index in [0.717, 1.165) is 12.3 Å². The minimum Gasteiger partial charge on any atom is -0.0984 e. The summed E-state index contributed by atoms with van der Waals surface area (Å²) in [6.45, 7) is 8.42. The highest BCUT2D eigenvalue weighted by Gasteiger charge is 2.14. The second-order valence-corrected chi connectivity index (χ2v) is 4.70. The molecule has 1 aromatic carbocycles. The third-order valence-corrected chi connectivity index (χ3v) is 2.89. The Bertz CT molecular complexity index is 408. The number of hydrogen-bond donors (Lipinski definition) is 0. The van der Waals surface area contributed by atoms with Gasteiger partial charge in [0, 0.05) is 0 Å². The Hall–Kier alpha value is -1.30. The molecule has 0 aromatic heterocycles. The topological polar surface area (TPSA) is 0 Å². The Morgan fingerprint density at radius 3 is 2.87 bits per heavy atom. The standard InChI is InChI=1S/C15H18/c1-4-13-6-5-7-14-9-12(8-11(2)3)10-15(13)14/h4-7,10-11H,1,8-9H2,2-3H3. The smallest absolute Gasteiger partial charge is 0.00575 e. The van der Waals surface area contributed by atoms with Gasteiger partial charge in [-0.3, -0.25) is 0 Å². The third-order valence-electron chi connectivity index (χ3n) is 2.89. The molecule has 15 heavy (non-hydrogen) atoms. The van der Waals surface area contributed by atoms with E-state index in [4.69, 9.17) is 0 Å². The Labute approximate surface area is 92.3 Å². The van der Waals surface area contributed by atoms with Crippen LogP contribution >= 0.6 is 0 Å². The van der Waals surface area contributed by atoms with Gasteiger partial charge in [0.1, 0.15) is 0 Å². The zero-order valence-corrected chi connectivity index (χ0v) is 9.59. The molecule has 1 aromatic rings. The van der Waals surface area contributed by atoms with Crippen LogP contribution in [0, 0.1) is 5.92 Å². The van der Waals surface area contributed by atoms with Crippen molar-refractivity contribution in [2.45, 2.75) is 26.7 Å². The summed E-state index contributed by atoms with van der Waals surface area (Å²) in [6.07, 6.45) is 6.65. The molecular weight excluding hydrogens is 180 g/mol. The van der Waals surface area contributed by atoms with E-state index in [1.54, 1.807) is 5.57 Å². The maximum Gasteiger partial charge on any atom is -0.00575 e. The van der Waals surface area contributed by atoms with Crippen LogP contribution in [0.4, 0.5) is 0 Å². The van der Waals surface area contributed by atoms with E-state index in [9.17, 15) is 0 Å². The zero-order chi connectivity index (χ0) is 10.8. The van der Waals surface area contributed by atoms with E-state index < -0.39 is 0 Å². The van der Waals surface area contributed by atoms with Gasteiger partial charge >= 0.3 is 0 Å². The summed E-state index contributed by atoms with van der Waals surface area (Å²) in [7, 11) is 0. The molecule has 0 saturated heterocycles. The van der Waals surface area contributed by atoms with Crippen LogP contribution in [0.15, 0.2) is 30.4 Å². The minimum atomic E-state index is 0.748. The van der Waals surface area contributed by atoms with Gasteiger partial charge in [0.15, 0.2) is 0 Å². The van der Waals surface area contributed by atoms with Crippen molar-refractivity contribution in [3.05, 3.63) is 47.0 Å². The Balaban J connectivity index is 2.31. The Morgan fingerprint density at radius 2 is 2.20 bits per heavy atom. The Kier molecular flexibility index (Phi) is 2.77. The van der Waals surface area contributed by atoms with Crippen molar-refractivity contribution in [2.24, 2.45) is 5.92 Å². The van der Waals surface area contributed by atoms with E-state index >= 15 is 0 Å². The van der Waals surface area contributed by atoms with Crippen molar-refractivity contribution in [3.63, 3.8) is 0 Å². The molecule has 0 heterocycles. The van der Waals surface area contributed by atoms with Gasteiger partial charge in [-0.05, 0) is 35.4 Å². The van der Waals surface area contributed by atoms with Crippen LogP contribution in [-0.2, 0) is 6.42 Å². The van der Waals surface area contributed by atoms with E-state index in [-0.39, 0.29) is 0 Å². The number of allylic oxidation sites excluding steroid dienone is 1. The average Bonchev–Trinajstić information content (AvgIpc) is 2.58. The first-order valence-corrected chi connectivity index (χ1v) is 5.64. The van der Waals surface area contributed by atoms with Gasteiger partial charge in [-0.15, -0.1) is 0 Å². The molecule has 1 aliphatic carbocycles. The highest BCUT2D eigenvalue weighted by Crippen LogP contribution is 2.31. The van der Waals surface area contributed by atoms with Gasteiger partial charge in [0.05, 0.1) is 0 Å². The second kappa shape index (κ2) is 4.06. The highest BCUT2D eigenvalue weighted by atomic mass is 14.2. The quantitative estimate of drug-likeness (QED) is 0.678. The maximum atomic E-state index is 3.87. The van der Waals surface area contributed by atoms with Gasteiger partial charge in [-0.25, -0.2) is 0 Å². The fourth-order valence-corrected chi connectivity index (χ4v) is 2.30. The SMILES string of the molecule is C=Cc1cccc2c1C=C(CC(C)C)C2. The first-order valence-electron chi connectivity index (χ1n) is 5.64. The van der Waals surface area contributed by atoms with Crippen LogP contribution in [0.25, 0.3) is 12.2 Å². The molecule has 0 N–H and O–H groups in total. The largest absolute Gasteiger partial charge is 0.0984 e. The second-order valence-electron chi connectivity index (χ2n) is 4.70. The zero-order valence-electron chi connectivity index (χ0n) is 9.59. The summed E-state index contributed by atoms with van der Waals surface area (Å²) in [5.74, 6) is 0.748. The number of rotatable bonds is 3. The minimum absolute atomic E-state index is 0.748. The summed E-state index contributed by atoms with van der Waals surface area (Å²) in [5.41, 5.74) is 5.69. The molecule has 0 amide bonds. The molecule has 0 fully saturated rings. The molecule has 0 bridgehead atoms. The fraction of sp³-hybridized carbons (Fsp3) is 0.333. The van der Waals surface area contributed by atoms with Gasteiger partial charge in [0.25, 0.3) is 0 Å². The van der Waals surface area contributed by atoms with Crippen LogP contribution in [0.1, 0.15) is 37.0 Å². The van der Waals surface area contributed by atoms with Crippen molar-refractivity contribution in [1.82, 2.24) is 0 Å². The molecule has 0 heteroatoms. The lowest BCUT2D eigenvalue weighted by Gasteiger charge is -2.04. The van der Waals surface area contributed by atoms with Crippen molar-refractivity contribution in [1.29, 1.82) is 0 Å².